The Kier molecular flexibility index (Phi) is 6.78. The summed E-state index contributed by atoms with van der Waals surface area (Å²) in [6.07, 6.45) is 3.37. The monoisotopic (exact) mass is 402 g/mol. The van der Waals surface area contributed by atoms with Crippen molar-refractivity contribution in [3.05, 3.63) is 50.9 Å². The molecule has 0 aliphatic rings. The van der Waals surface area contributed by atoms with E-state index in [1.165, 1.54) is 18.4 Å². The van der Waals surface area contributed by atoms with Crippen LogP contribution in [0.2, 0.25) is 0 Å². The van der Waals surface area contributed by atoms with E-state index in [1.807, 2.05) is 0 Å². The van der Waals surface area contributed by atoms with Crippen LogP contribution in [0.15, 0.2) is 30.6 Å². The van der Waals surface area contributed by atoms with Crippen molar-refractivity contribution in [3.63, 3.8) is 0 Å². The average molecular weight is 402 g/mol. The van der Waals surface area contributed by atoms with E-state index >= 15 is 0 Å². The average Bonchev–Trinajstić information content (AvgIpc) is 3.16. The zero-order valence-corrected chi connectivity index (χ0v) is 16.5. The number of methoxy groups -OCH3 is 1. The normalized spacial score (nSPS) is 11.1. The smallest absolute Gasteiger partial charge is 0.307 e. The molecule has 4 N–H and O–H groups in total. The highest BCUT2D eigenvalue weighted by Gasteiger charge is 2.12. The number of anilines is 1. The second kappa shape index (κ2) is 9.05. The summed E-state index contributed by atoms with van der Waals surface area (Å²) in [4.78, 5) is 36.0. The van der Waals surface area contributed by atoms with Crippen LogP contribution in [0.5, 0.6) is 0 Å². The zero-order chi connectivity index (χ0) is 20.8. The molecular formula is C19H22N4O4S. The van der Waals surface area contributed by atoms with Crippen molar-refractivity contribution < 1.29 is 19.1 Å². The van der Waals surface area contributed by atoms with Gasteiger partial charge in [-0.25, -0.2) is 0 Å². The lowest BCUT2D eigenvalue weighted by Crippen LogP contribution is -2.26. The zero-order valence-electron chi connectivity index (χ0n) is 15.7. The van der Waals surface area contributed by atoms with Crippen LogP contribution in [-0.4, -0.2) is 36.0 Å². The number of nitrogen functional groups attached to an aromatic ring is 1. The maximum absolute atomic E-state index is 12.3. The first kappa shape index (κ1) is 21.0. The summed E-state index contributed by atoms with van der Waals surface area (Å²) >= 11 is 1.21. The van der Waals surface area contributed by atoms with Gasteiger partial charge in [-0.05, 0) is 23.4 Å². The van der Waals surface area contributed by atoms with Crippen molar-refractivity contribution in [2.45, 2.75) is 6.42 Å². The fourth-order valence-corrected chi connectivity index (χ4v) is 3.25. The van der Waals surface area contributed by atoms with Crippen LogP contribution in [0.4, 0.5) is 5.69 Å². The van der Waals surface area contributed by atoms with E-state index in [-0.39, 0.29) is 24.8 Å². The van der Waals surface area contributed by atoms with Gasteiger partial charge in [0.05, 0.1) is 24.1 Å². The number of rotatable bonds is 7. The summed E-state index contributed by atoms with van der Waals surface area (Å²) < 4.78 is 6.79. The van der Waals surface area contributed by atoms with E-state index in [4.69, 9.17) is 5.73 Å². The molecule has 2 amide bonds. The number of ether oxygens (including phenoxy) is 1. The summed E-state index contributed by atoms with van der Waals surface area (Å²) in [7, 11) is 3.01. The molecule has 2 aromatic rings. The number of carbonyl (C=O) groups excluding carboxylic acids is 3. The van der Waals surface area contributed by atoms with Gasteiger partial charge in [0.1, 0.15) is 5.69 Å². The van der Waals surface area contributed by atoms with E-state index in [0.717, 1.165) is 0 Å². The third-order valence-electron chi connectivity index (χ3n) is 3.77. The van der Waals surface area contributed by atoms with Crippen LogP contribution < -0.4 is 26.1 Å². The summed E-state index contributed by atoms with van der Waals surface area (Å²) in [6, 6.07) is 3.22. The van der Waals surface area contributed by atoms with Gasteiger partial charge in [0.2, 0.25) is 0 Å². The molecule has 0 saturated carbocycles. The topological polar surface area (TPSA) is 115 Å². The van der Waals surface area contributed by atoms with Crippen LogP contribution in [0, 0.1) is 0 Å². The van der Waals surface area contributed by atoms with Gasteiger partial charge in [-0.1, -0.05) is 13.2 Å². The van der Waals surface area contributed by atoms with Gasteiger partial charge < -0.3 is 25.7 Å². The summed E-state index contributed by atoms with van der Waals surface area (Å²) in [5, 5.41) is 5.99. The molecule has 0 bridgehead atoms. The number of esters is 1. The number of nitrogens with zero attached hydrogens (tertiary/aromatic N) is 1. The molecule has 0 aliphatic carbocycles. The van der Waals surface area contributed by atoms with Crippen molar-refractivity contribution in [2.75, 3.05) is 19.4 Å². The van der Waals surface area contributed by atoms with Crippen molar-refractivity contribution in [3.8, 4) is 0 Å². The third kappa shape index (κ3) is 5.34. The van der Waals surface area contributed by atoms with Crippen LogP contribution >= 0.6 is 11.3 Å². The third-order valence-corrected chi connectivity index (χ3v) is 4.78. The molecule has 0 aromatic carbocycles. The Bertz CT molecular complexity index is 1040. The number of carbonyl (C=O) groups is 3. The molecule has 8 nitrogen and oxygen atoms in total. The number of aromatic nitrogens is 1. The molecule has 2 aromatic heterocycles. The molecule has 9 heteroatoms. The minimum Gasteiger partial charge on any atom is -0.469 e. The first-order valence-corrected chi connectivity index (χ1v) is 9.10. The number of thiophene rings is 1. The Morgan fingerprint density at radius 2 is 2.04 bits per heavy atom. The lowest BCUT2D eigenvalue weighted by atomic mass is 10.3. The number of hydrogen-bond acceptors (Lipinski definition) is 6. The van der Waals surface area contributed by atoms with Gasteiger partial charge in [-0.2, -0.15) is 0 Å². The van der Waals surface area contributed by atoms with Gasteiger partial charge >= 0.3 is 5.97 Å². The maximum Gasteiger partial charge on any atom is 0.307 e. The fraction of sp³-hybridized carbons (Fsp3) is 0.211. The van der Waals surface area contributed by atoms with Gasteiger partial charge in [0.15, 0.2) is 0 Å². The van der Waals surface area contributed by atoms with Gasteiger partial charge in [0, 0.05) is 30.0 Å². The van der Waals surface area contributed by atoms with Crippen LogP contribution in [0.1, 0.15) is 26.6 Å². The van der Waals surface area contributed by atoms with Crippen molar-refractivity contribution in [1.29, 1.82) is 0 Å². The Morgan fingerprint density at radius 1 is 1.32 bits per heavy atom. The highest BCUT2D eigenvalue weighted by Crippen LogP contribution is 2.09. The van der Waals surface area contributed by atoms with E-state index in [2.05, 4.69) is 28.5 Å². The van der Waals surface area contributed by atoms with Crippen molar-refractivity contribution in [1.82, 2.24) is 15.2 Å². The molecule has 0 unspecified atom stereocenters. The molecule has 2 rings (SSSR count). The van der Waals surface area contributed by atoms with Crippen molar-refractivity contribution in [2.24, 2.45) is 7.05 Å². The molecule has 0 aliphatic heterocycles. The Morgan fingerprint density at radius 3 is 2.64 bits per heavy atom. The van der Waals surface area contributed by atoms with Gasteiger partial charge in [0.25, 0.3) is 11.8 Å². The first-order chi connectivity index (χ1) is 13.2. The number of nitrogens with one attached hydrogen (secondary N) is 2. The number of amides is 2. The maximum atomic E-state index is 12.3. The molecule has 148 valence electrons. The van der Waals surface area contributed by atoms with E-state index < -0.39 is 5.97 Å². The summed E-state index contributed by atoms with van der Waals surface area (Å²) in [6.45, 7) is 7.91. The van der Waals surface area contributed by atoms with Crippen LogP contribution in [0.25, 0.3) is 12.7 Å². The molecule has 28 heavy (non-hydrogen) atoms. The first-order valence-electron chi connectivity index (χ1n) is 8.29. The fourth-order valence-electron chi connectivity index (χ4n) is 2.39. The number of hydrogen-bond donors (Lipinski definition) is 3. The SMILES string of the molecule is C=C(/C=c1/cc(C(=O)NCCC(=O)OC)sc1=C)NC(=O)c1cc(N)cn1C. The molecular weight excluding hydrogens is 380 g/mol. The molecule has 2 heterocycles. The molecule has 0 fully saturated rings. The second-order valence-corrected chi connectivity index (χ2v) is 7.10. The van der Waals surface area contributed by atoms with E-state index in [1.54, 1.807) is 36.0 Å². The minimum atomic E-state index is -0.398. The molecule has 0 spiro atoms. The quantitative estimate of drug-likeness (QED) is 0.568. The number of nitrogens with two attached hydrogens (primary N) is 1. The Labute approximate surface area is 166 Å². The highest BCUT2D eigenvalue weighted by atomic mass is 32.1. The Balaban J connectivity index is 2.05. The van der Waals surface area contributed by atoms with E-state index in [9.17, 15) is 14.4 Å². The van der Waals surface area contributed by atoms with E-state index in [0.29, 0.717) is 31.7 Å². The van der Waals surface area contributed by atoms with Gasteiger partial charge in [-0.3, -0.25) is 14.4 Å². The summed E-state index contributed by atoms with van der Waals surface area (Å²) in [5.74, 6) is -1.06. The summed E-state index contributed by atoms with van der Waals surface area (Å²) in [5.41, 5.74) is 6.92. The number of allylic oxidation sites excluding steroid dienone is 1. The minimum absolute atomic E-state index is 0.0936. The second-order valence-electron chi connectivity index (χ2n) is 5.96. The largest absolute Gasteiger partial charge is 0.469 e. The van der Waals surface area contributed by atoms with Crippen LogP contribution in [0.3, 0.4) is 0 Å². The lowest BCUT2D eigenvalue weighted by Gasteiger charge is -2.05. The van der Waals surface area contributed by atoms with Crippen molar-refractivity contribution >= 4 is 47.5 Å². The van der Waals surface area contributed by atoms with Gasteiger partial charge in [-0.15, -0.1) is 11.3 Å². The highest BCUT2D eigenvalue weighted by molar-refractivity contribution is 7.11. The van der Waals surface area contributed by atoms with Crippen LogP contribution in [-0.2, 0) is 16.6 Å². The Hall–Kier alpha value is -3.33. The standard InChI is InChI=1S/C19H22N4O4S/c1-11(22-18(25)15-9-14(20)10-23(15)3)7-13-8-16(28-12(13)2)19(26)21-6-5-17(24)27-4/h7-10H,1-2,5-6,20H2,3-4H3,(H,21,26)(H,22,25)/b13-7-. The molecule has 0 atom stereocenters. The lowest BCUT2D eigenvalue weighted by molar-refractivity contribution is -0.140. The molecule has 0 saturated heterocycles. The number of aryl methyl sites for hydroxylation is 1. The predicted octanol–water partition coefficient (Wildman–Crippen LogP) is 0.0962. The molecule has 0 radical (unpaired) electrons. The predicted molar refractivity (Wildman–Crippen MR) is 109 cm³/mol.